The van der Waals surface area contributed by atoms with Crippen molar-refractivity contribution in [1.29, 1.82) is 0 Å². The molecule has 0 radical (unpaired) electrons. The molecule has 0 amide bonds. The first-order chi connectivity index (χ1) is 6.81. The molecule has 0 N–H and O–H groups in total. The number of likely N-dealkylation sites (tertiary alicyclic amines) is 1. The van der Waals surface area contributed by atoms with Crippen LogP contribution in [0.4, 0.5) is 0 Å². The Bertz CT molecular complexity index is 309. The monoisotopic (exact) mass is 190 g/mol. The van der Waals surface area contributed by atoms with Gasteiger partial charge in [-0.25, -0.2) is 0 Å². The van der Waals surface area contributed by atoms with Gasteiger partial charge in [-0.2, -0.15) is 0 Å². The van der Waals surface area contributed by atoms with Crippen LogP contribution in [0.1, 0.15) is 37.1 Å². The van der Waals surface area contributed by atoms with Crippen LogP contribution in [0.5, 0.6) is 0 Å². The zero-order valence-corrected chi connectivity index (χ0v) is 9.03. The molecule has 1 aliphatic rings. The van der Waals surface area contributed by atoms with Crippen LogP contribution in [0.2, 0.25) is 0 Å². The minimum Gasteiger partial charge on any atom is -0.297 e. The number of nitrogens with zero attached hydrogens (tertiary/aromatic N) is 2. The molecule has 0 aromatic carbocycles. The van der Waals surface area contributed by atoms with Gasteiger partial charge in [-0.3, -0.25) is 9.88 Å². The van der Waals surface area contributed by atoms with E-state index >= 15 is 0 Å². The second kappa shape index (κ2) is 4.09. The summed E-state index contributed by atoms with van der Waals surface area (Å²) in [5.74, 6) is 0. The Hall–Kier alpha value is -0.890. The fraction of sp³-hybridized carbons (Fsp3) is 0.583. The molecular formula is C12H18N2. The molecular weight excluding hydrogens is 172 g/mol. The standard InChI is InChI=1S/C12H18N2/c1-3-14-8-4-5-12(14)11-6-7-13-10(2)9-11/h6-7,9,12H,3-5,8H2,1-2H3. The Balaban J connectivity index is 2.21. The Kier molecular flexibility index (Phi) is 2.82. The number of hydrogen-bond donors (Lipinski definition) is 0. The highest BCUT2D eigenvalue weighted by molar-refractivity contribution is 5.20. The summed E-state index contributed by atoms with van der Waals surface area (Å²) in [6.07, 6.45) is 4.56. The Labute approximate surface area is 86.0 Å². The molecule has 2 nitrogen and oxygen atoms in total. The van der Waals surface area contributed by atoms with Gasteiger partial charge < -0.3 is 0 Å². The van der Waals surface area contributed by atoms with Crippen molar-refractivity contribution in [3.63, 3.8) is 0 Å². The Morgan fingerprint density at radius 3 is 3.14 bits per heavy atom. The number of aromatic nitrogens is 1. The first kappa shape index (κ1) is 9.66. The van der Waals surface area contributed by atoms with E-state index in [4.69, 9.17) is 0 Å². The highest BCUT2D eigenvalue weighted by Gasteiger charge is 2.24. The third-order valence-electron chi connectivity index (χ3n) is 3.08. The molecule has 0 spiro atoms. The predicted octanol–water partition coefficient (Wildman–Crippen LogP) is 2.55. The van der Waals surface area contributed by atoms with Gasteiger partial charge in [0.05, 0.1) is 0 Å². The maximum atomic E-state index is 4.24. The molecule has 2 heterocycles. The van der Waals surface area contributed by atoms with Crippen molar-refractivity contribution in [2.75, 3.05) is 13.1 Å². The molecule has 1 atom stereocenters. The van der Waals surface area contributed by atoms with E-state index < -0.39 is 0 Å². The van der Waals surface area contributed by atoms with Crippen molar-refractivity contribution in [3.8, 4) is 0 Å². The van der Waals surface area contributed by atoms with E-state index in [-0.39, 0.29) is 0 Å². The van der Waals surface area contributed by atoms with E-state index in [1.165, 1.54) is 24.9 Å². The largest absolute Gasteiger partial charge is 0.297 e. The van der Waals surface area contributed by atoms with E-state index in [0.717, 1.165) is 12.2 Å². The normalized spacial score (nSPS) is 22.9. The smallest absolute Gasteiger partial charge is 0.0375 e. The van der Waals surface area contributed by atoms with Crippen LogP contribution in [0.25, 0.3) is 0 Å². The fourth-order valence-electron chi connectivity index (χ4n) is 2.36. The number of rotatable bonds is 2. The van der Waals surface area contributed by atoms with Gasteiger partial charge in [-0.05, 0) is 50.6 Å². The molecule has 2 rings (SSSR count). The zero-order valence-electron chi connectivity index (χ0n) is 9.03. The minimum absolute atomic E-state index is 0.640. The highest BCUT2D eigenvalue weighted by atomic mass is 15.2. The quantitative estimate of drug-likeness (QED) is 0.712. The number of pyridine rings is 1. The summed E-state index contributed by atoms with van der Waals surface area (Å²) in [4.78, 5) is 6.79. The molecule has 0 aliphatic carbocycles. The van der Waals surface area contributed by atoms with Crippen LogP contribution in [-0.4, -0.2) is 23.0 Å². The van der Waals surface area contributed by atoms with Gasteiger partial charge in [0.15, 0.2) is 0 Å². The molecule has 1 aliphatic heterocycles. The summed E-state index contributed by atoms with van der Waals surface area (Å²) in [7, 11) is 0. The molecule has 1 saturated heterocycles. The van der Waals surface area contributed by atoms with E-state index in [0.29, 0.717) is 6.04 Å². The SMILES string of the molecule is CCN1CCCC1c1ccnc(C)c1. The second-order valence-electron chi connectivity index (χ2n) is 4.02. The molecule has 1 aromatic heterocycles. The van der Waals surface area contributed by atoms with Gasteiger partial charge in [0.2, 0.25) is 0 Å². The topological polar surface area (TPSA) is 16.1 Å². The average Bonchev–Trinajstić information content (AvgIpc) is 2.65. The minimum atomic E-state index is 0.640. The third kappa shape index (κ3) is 1.80. The molecule has 1 unspecified atom stereocenters. The van der Waals surface area contributed by atoms with E-state index in [1.807, 2.05) is 6.20 Å². The van der Waals surface area contributed by atoms with E-state index in [2.05, 4.69) is 35.9 Å². The molecule has 0 bridgehead atoms. The molecule has 1 fully saturated rings. The summed E-state index contributed by atoms with van der Waals surface area (Å²) in [6, 6.07) is 5.02. The van der Waals surface area contributed by atoms with Crippen molar-refractivity contribution in [3.05, 3.63) is 29.6 Å². The highest BCUT2D eigenvalue weighted by Crippen LogP contribution is 2.31. The summed E-state index contributed by atoms with van der Waals surface area (Å²) >= 11 is 0. The van der Waals surface area contributed by atoms with Crippen LogP contribution < -0.4 is 0 Å². The van der Waals surface area contributed by atoms with Gasteiger partial charge in [0, 0.05) is 17.9 Å². The molecule has 0 saturated carbocycles. The summed E-state index contributed by atoms with van der Waals surface area (Å²) in [5.41, 5.74) is 2.57. The van der Waals surface area contributed by atoms with Crippen molar-refractivity contribution < 1.29 is 0 Å². The first-order valence-corrected chi connectivity index (χ1v) is 5.48. The third-order valence-corrected chi connectivity index (χ3v) is 3.08. The Morgan fingerprint density at radius 1 is 1.57 bits per heavy atom. The van der Waals surface area contributed by atoms with Crippen LogP contribution >= 0.6 is 0 Å². The van der Waals surface area contributed by atoms with Crippen molar-refractivity contribution in [2.24, 2.45) is 0 Å². The predicted molar refractivity (Wildman–Crippen MR) is 58.2 cm³/mol. The van der Waals surface area contributed by atoms with Crippen molar-refractivity contribution >= 4 is 0 Å². The van der Waals surface area contributed by atoms with Gasteiger partial charge >= 0.3 is 0 Å². The second-order valence-corrected chi connectivity index (χ2v) is 4.02. The lowest BCUT2D eigenvalue weighted by Gasteiger charge is -2.23. The van der Waals surface area contributed by atoms with Crippen molar-refractivity contribution in [1.82, 2.24) is 9.88 Å². The van der Waals surface area contributed by atoms with E-state index in [1.54, 1.807) is 0 Å². The van der Waals surface area contributed by atoms with Crippen molar-refractivity contribution in [2.45, 2.75) is 32.7 Å². The molecule has 14 heavy (non-hydrogen) atoms. The van der Waals surface area contributed by atoms with Crippen LogP contribution in [0, 0.1) is 6.92 Å². The molecule has 2 heteroatoms. The Morgan fingerprint density at radius 2 is 2.43 bits per heavy atom. The fourth-order valence-corrected chi connectivity index (χ4v) is 2.36. The van der Waals surface area contributed by atoms with Crippen LogP contribution in [-0.2, 0) is 0 Å². The number of hydrogen-bond acceptors (Lipinski definition) is 2. The van der Waals surface area contributed by atoms with Crippen LogP contribution in [0.3, 0.4) is 0 Å². The van der Waals surface area contributed by atoms with E-state index in [9.17, 15) is 0 Å². The summed E-state index contributed by atoms with van der Waals surface area (Å²) < 4.78 is 0. The number of aryl methyl sites for hydroxylation is 1. The first-order valence-electron chi connectivity index (χ1n) is 5.48. The van der Waals surface area contributed by atoms with Gasteiger partial charge in [0.25, 0.3) is 0 Å². The van der Waals surface area contributed by atoms with Gasteiger partial charge in [-0.1, -0.05) is 6.92 Å². The maximum absolute atomic E-state index is 4.24. The molecule has 76 valence electrons. The van der Waals surface area contributed by atoms with Crippen LogP contribution in [0.15, 0.2) is 18.3 Å². The van der Waals surface area contributed by atoms with Gasteiger partial charge in [0.1, 0.15) is 0 Å². The van der Waals surface area contributed by atoms with Gasteiger partial charge in [-0.15, -0.1) is 0 Å². The lowest BCUT2D eigenvalue weighted by molar-refractivity contribution is 0.271. The summed E-state index contributed by atoms with van der Waals surface area (Å²) in [6.45, 7) is 6.72. The average molecular weight is 190 g/mol. The zero-order chi connectivity index (χ0) is 9.97. The summed E-state index contributed by atoms with van der Waals surface area (Å²) in [5, 5.41) is 0. The lowest BCUT2D eigenvalue weighted by Crippen LogP contribution is -2.22. The maximum Gasteiger partial charge on any atom is 0.0375 e. The molecule has 1 aromatic rings. The lowest BCUT2D eigenvalue weighted by atomic mass is 10.1.